The Morgan fingerprint density at radius 2 is 1.90 bits per heavy atom. The van der Waals surface area contributed by atoms with Crippen LogP contribution in [-0.4, -0.2) is 88.7 Å². The molecule has 224 valence electrons. The number of nitrogens with zero attached hydrogens (tertiary/aromatic N) is 6. The molecule has 1 aromatic carbocycles. The van der Waals surface area contributed by atoms with Crippen molar-refractivity contribution in [3.05, 3.63) is 47.5 Å². The fraction of sp³-hybridized carbons (Fsp3) is 0.429. The Balaban J connectivity index is 1.57. The molecule has 3 atom stereocenters. The summed E-state index contributed by atoms with van der Waals surface area (Å²) in [5.74, 6) is 0.159. The van der Waals surface area contributed by atoms with Crippen molar-refractivity contribution in [1.29, 1.82) is 0 Å². The Morgan fingerprint density at radius 1 is 1.19 bits per heavy atom. The first kappa shape index (κ1) is 29.8. The largest absolute Gasteiger partial charge is 0.462 e. The number of alkyl halides is 4. The summed E-state index contributed by atoms with van der Waals surface area (Å²) in [6, 6.07) is 4.35. The number of aromatic nitrogens is 3. The second-order valence-corrected chi connectivity index (χ2v) is 10.9. The second kappa shape index (κ2) is 11.5. The van der Waals surface area contributed by atoms with Gasteiger partial charge in [0.15, 0.2) is 0 Å². The molecular formula is C28H30ClF4N7O2. The molecule has 2 aliphatic heterocycles. The number of nitrogen functional groups attached to an aromatic ring is 1. The first-order valence-electron chi connectivity index (χ1n) is 13.4. The molecule has 42 heavy (non-hydrogen) atoms. The summed E-state index contributed by atoms with van der Waals surface area (Å²) in [6.45, 7) is 7.11. The van der Waals surface area contributed by atoms with Gasteiger partial charge in [-0.15, -0.1) is 0 Å². The normalized spacial score (nSPS) is 21.6. The maximum atomic E-state index is 14.3. The third kappa shape index (κ3) is 5.80. The van der Waals surface area contributed by atoms with Gasteiger partial charge >= 0.3 is 12.2 Å². The van der Waals surface area contributed by atoms with E-state index in [4.69, 9.17) is 22.1 Å². The second-order valence-electron chi connectivity index (χ2n) is 10.4. The van der Waals surface area contributed by atoms with Gasteiger partial charge in [0, 0.05) is 49.2 Å². The van der Waals surface area contributed by atoms with Crippen molar-refractivity contribution in [3.63, 3.8) is 0 Å². The number of carbonyl (C=O) groups excluding carboxylic acids is 1. The van der Waals surface area contributed by atoms with Crippen molar-refractivity contribution >= 4 is 40.0 Å². The molecule has 0 spiro atoms. The number of piperazine rings is 1. The van der Waals surface area contributed by atoms with E-state index >= 15 is 0 Å². The number of anilines is 2. The fourth-order valence-electron chi connectivity index (χ4n) is 5.34. The molecule has 1 amide bonds. The van der Waals surface area contributed by atoms with Gasteiger partial charge in [-0.1, -0.05) is 18.2 Å². The molecule has 0 saturated carbocycles. The number of hydrogen-bond acceptors (Lipinski definition) is 8. The van der Waals surface area contributed by atoms with E-state index in [0.717, 1.165) is 12.1 Å². The average molecular weight is 608 g/mol. The minimum atomic E-state index is -4.71. The summed E-state index contributed by atoms with van der Waals surface area (Å²) >= 11 is 6.58. The van der Waals surface area contributed by atoms with E-state index in [1.54, 1.807) is 11.8 Å². The highest BCUT2D eigenvalue weighted by Gasteiger charge is 2.37. The quantitative estimate of drug-likeness (QED) is 0.321. The lowest BCUT2D eigenvalue weighted by Gasteiger charge is -2.35. The Hall–Kier alpha value is -3.71. The molecule has 9 nitrogen and oxygen atoms in total. The van der Waals surface area contributed by atoms with Gasteiger partial charge < -0.3 is 20.3 Å². The van der Waals surface area contributed by atoms with Gasteiger partial charge in [0.25, 0.3) is 0 Å². The van der Waals surface area contributed by atoms with Crippen LogP contribution >= 0.6 is 11.6 Å². The minimum absolute atomic E-state index is 0.000597. The van der Waals surface area contributed by atoms with Crippen LogP contribution in [0.5, 0.6) is 6.01 Å². The van der Waals surface area contributed by atoms with Crippen LogP contribution < -0.4 is 15.4 Å². The SMILES string of the molecule is C=CC(=O)N1CCN(c2nc(OCC3CC(F)C(C)N3C)nc3cc(-c4nc(N)ccc4C(F)(F)F)c(Cl)cc23)CC1. The molecule has 2 fully saturated rings. The number of likely N-dealkylation sites (N-methyl/N-ethyl adjacent to an activating group) is 1. The first-order valence-corrected chi connectivity index (χ1v) is 13.8. The average Bonchev–Trinajstić information content (AvgIpc) is 3.20. The highest BCUT2D eigenvalue weighted by Crippen LogP contribution is 2.41. The van der Waals surface area contributed by atoms with Crippen molar-refractivity contribution in [2.45, 2.75) is 37.8 Å². The zero-order valence-corrected chi connectivity index (χ0v) is 23.8. The molecule has 14 heteroatoms. The molecule has 4 heterocycles. The number of ether oxygens (including phenoxy) is 1. The number of carbonyl (C=O) groups is 1. The van der Waals surface area contributed by atoms with E-state index < -0.39 is 23.6 Å². The maximum Gasteiger partial charge on any atom is 0.418 e. The number of benzene rings is 1. The highest BCUT2D eigenvalue weighted by molar-refractivity contribution is 6.34. The minimum Gasteiger partial charge on any atom is -0.462 e. The summed E-state index contributed by atoms with van der Waals surface area (Å²) in [6.07, 6.45) is -4.16. The van der Waals surface area contributed by atoms with Crippen LogP contribution in [0, 0.1) is 0 Å². The fourth-order valence-corrected chi connectivity index (χ4v) is 5.60. The number of fused-ring (bicyclic) bond motifs is 1. The first-order chi connectivity index (χ1) is 19.9. The molecule has 0 bridgehead atoms. The molecule has 2 aliphatic rings. The van der Waals surface area contributed by atoms with Gasteiger partial charge in [-0.2, -0.15) is 23.1 Å². The van der Waals surface area contributed by atoms with Gasteiger partial charge in [-0.25, -0.2) is 9.37 Å². The predicted octanol–water partition coefficient (Wildman–Crippen LogP) is 4.59. The topological polar surface area (TPSA) is 101 Å². The van der Waals surface area contributed by atoms with Crippen LogP contribution in [0.1, 0.15) is 18.9 Å². The van der Waals surface area contributed by atoms with E-state index in [9.17, 15) is 22.4 Å². The Morgan fingerprint density at radius 3 is 2.52 bits per heavy atom. The van der Waals surface area contributed by atoms with E-state index in [0.29, 0.717) is 43.8 Å². The van der Waals surface area contributed by atoms with Gasteiger partial charge in [0.1, 0.15) is 24.4 Å². The van der Waals surface area contributed by atoms with Crippen LogP contribution in [0.4, 0.5) is 29.2 Å². The summed E-state index contributed by atoms with van der Waals surface area (Å²) < 4.78 is 61.9. The predicted molar refractivity (Wildman–Crippen MR) is 152 cm³/mol. The number of hydrogen-bond donors (Lipinski definition) is 1. The van der Waals surface area contributed by atoms with Gasteiger partial charge in [0.05, 0.1) is 21.8 Å². The summed E-state index contributed by atoms with van der Waals surface area (Å²) in [5.41, 5.74) is 4.59. The molecule has 2 N–H and O–H groups in total. The molecule has 5 rings (SSSR count). The molecular weight excluding hydrogens is 578 g/mol. The number of likely N-dealkylation sites (tertiary alicyclic amines) is 1. The highest BCUT2D eigenvalue weighted by atomic mass is 35.5. The number of rotatable bonds is 6. The smallest absolute Gasteiger partial charge is 0.418 e. The van der Waals surface area contributed by atoms with Gasteiger partial charge in [-0.3, -0.25) is 9.69 Å². The van der Waals surface area contributed by atoms with E-state index in [1.807, 2.05) is 16.8 Å². The molecule has 2 saturated heterocycles. The van der Waals surface area contributed by atoms with E-state index in [-0.39, 0.29) is 52.5 Å². The van der Waals surface area contributed by atoms with Crippen molar-refractivity contribution < 1.29 is 27.1 Å². The Kier molecular flexibility index (Phi) is 8.17. The maximum absolute atomic E-state index is 14.3. The van der Waals surface area contributed by atoms with Crippen LogP contribution in [-0.2, 0) is 11.0 Å². The third-order valence-corrected chi connectivity index (χ3v) is 8.24. The lowest BCUT2D eigenvalue weighted by Crippen LogP contribution is -2.48. The van der Waals surface area contributed by atoms with Crippen LogP contribution in [0.3, 0.4) is 0 Å². The van der Waals surface area contributed by atoms with Crippen LogP contribution in [0.2, 0.25) is 5.02 Å². The van der Waals surface area contributed by atoms with Crippen LogP contribution in [0.15, 0.2) is 36.9 Å². The molecule has 0 radical (unpaired) electrons. The number of halogens is 5. The van der Waals surface area contributed by atoms with E-state index in [1.165, 1.54) is 18.2 Å². The van der Waals surface area contributed by atoms with Crippen molar-refractivity contribution in [3.8, 4) is 17.3 Å². The molecule has 3 unspecified atom stereocenters. The van der Waals surface area contributed by atoms with Crippen molar-refractivity contribution in [2.24, 2.45) is 0 Å². The Bertz CT molecular complexity index is 1510. The standard InChI is InChI=1S/C28H30ClF4N7O2/c1-4-24(41)39-7-9-40(10-8-39)26-18-12-20(29)17(25-19(28(31,32)33)5-6-23(34)36-25)13-22(18)35-27(37-26)42-14-16-11-21(30)15(2)38(16)3/h4-6,12-13,15-16,21H,1,7-11,14H2,2-3H3,(H2,34,36). The zero-order chi connectivity index (χ0) is 30.3. The number of amides is 1. The lowest BCUT2D eigenvalue weighted by molar-refractivity contribution is -0.137. The summed E-state index contributed by atoms with van der Waals surface area (Å²) in [4.78, 5) is 30.7. The number of nitrogens with two attached hydrogens (primary N) is 1. The van der Waals surface area contributed by atoms with Crippen molar-refractivity contribution in [2.75, 3.05) is 50.5 Å². The Labute approximate surface area is 244 Å². The molecule has 0 aliphatic carbocycles. The van der Waals surface area contributed by atoms with E-state index in [2.05, 4.69) is 21.5 Å². The molecule has 3 aromatic rings. The lowest BCUT2D eigenvalue weighted by atomic mass is 10.0. The molecule has 2 aromatic heterocycles. The third-order valence-electron chi connectivity index (χ3n) is 7.93. The van der Waals surface area contributed by atoms with Gasteiger partial charge in [-0.05, 0) is 50.7 Å². The van der Waals surface area contributed by atoms with Crippen LogP contribution in [0.25, 0.3) is 22.2 Å². The monoisotopic (exact) mass is 607 g/mol. The summed E-state index contributed by atoms with van der Waals surface area (Å²) in [5, 5.41) is 0.480. The van der Waals surface area contributed by atoms with Gasteiger partial charge in [0.2, 0.25) is 5.91 Å². The van der Waals surface area contributed by atoms with Crippen molar-refractivity contribution in [1.82, 2.24) is 24.8 Å². The zero-order valence-electron chi connectivity index (χ0n) is 23.0. The number of pyridine rings is 1. The summed E-state index contributed by atoms with van der Waals surface area (Å²) in [7, 11) is 1.82.